The number of aromatic nitrogens is 2. The van der Waals surface area contributed by atoms with Crippen molar-refractivity contribution in [2.24, 2.45) is 0 Å². The lowest BCUT2D eigenvalue weighted by atomic mass is 10.0. The molecule has 1 aromatic heterocycles. The smallest absolute Gasteiger partial charge is 0.410 e. The Morgan fingerprint density at radius 2 is 1.76 bits per heavy atom. The van der Waals surface area contributed by atoms with Crippen LogP contribution in [0.1, 0.15) is 48.1 Å². The van der Waals surface area contributed by atoms with E-state index >= 15 is 0 Å². The van der Waals surface area contributed by atoms with Crippen molar-refractivity contribution in [1.82, 2.24) is 25.1 Å². The second kappa shape index (κ2) is 12.1. The number of nitrogens with zero attached hydrogens (tertiary/aromatic N) is 4. The molecule has 1 N–H and O–H groups in total. The molecule has 0 atom stereocenters. The zero-order valence-electron chi connectivity index (χ0n) is 22.9. The molecule has 0 aliphatic carbocycles. The molecule has 12 heteroatoms. The van der Waals surface area contributed by atoms with E-state index in [-0.39, 0.29) is 23.5 Å². The van der Waals surface area contributed by atoms with E-state index in [0.29, 0.717) is 53.4 Å². The number of amides is 2. The van der Waals surface area contributed by atoms with Crippen molar-refractivity contribution in [3.63, 3.8) is 0 Å². The normalized spacial score (nSPS) is 16.9. The van der Waals surface area contributed by atoms with E-state index in [4.69, 9.17) is 33.0 Å². The van der Waals surface area contributed by atoms with Gasteiger partial charge in [0.05, 0.1) is 16.4 Å². The quantitative estimate of drug-likeness (QED) is 0.370. The van der Waals surface area contributed by atoms with Gasteiger partial charge in [-0.05, 0) is 68.3 Å². The van der Waals surface area contributed by atoms with Gasteiger partial charge in [0.1, 0.15) is 11.4 Å². The van der Waals surface area contributed by atoms with E-state index in [2.05, 4.69) is 5.43 Å². The van der Waals surface area contributed by atoms with Gasteiger partial charge in [0.25, 0.3) is 5.91 Å². The van der Waals surface area contributed by atoms with Crippen LogP contribution in [0.25, 0.3) is 17.3 Å². The highest BCUT2D eigenvalue weighted by molar-refractivity contribution is 7.99. The van der Waals surface area contributed by atoms with Gasteiger partial charge >= 0.3 is 6.09 Å². The molecule has 2 aromatic carbocycles. The van der Waals surface area contributed by atoms with E-state index in [1.54, 1.807) is 56.7 Å². The first-order valence-electron chi connectivity index (χ1n) is 13.1. The number of fused-ring (bicyclic) bond motifs is 1. The summed E-state index contributed by atoms with van der Waals surface area (Å²) >= 11 is 14.4. The summed E-state index contributed by atoms with van der Waals surface area (Å²) in [4.78, 5) is 27.7. The van der Waals surface area contributed by atoms with Crippen LogP contribution in [-0.2, 0) is 10.5 Å². The number of hydrazine groups is 1. The Hall–Kier alpha value is -3.05. The summed E-state index contributed by atoms with van der Waals surface area (Å²) < 4.78 is 20.7. The highest BCUT2D eigenvalue weighted by atomic mass is 35.5. The fraction of sp³-hybridized carbons (Fsp3) is 0.345. The summed E-state index contributed by atoms with van der Waals surface area (Å²) in [5.74, 6) is 0.597. The molecule has 2 aliphatic heterocycles. The summed E-state index contributed by atoms with van der Waals surface area (Å²) in [6.45, 7) is 7.22. The maximum Gasteiger partial charge on any atom is 0.410 e. The van der Waals surface area contributed by atoms with Crippen LogP contribution in [0.2, 0.25) is 10.0 Å². The predicted octanol–water partition coefficient (Wildman–Crippen LogP) is 6.30. The van der Waals surface area contributed by atoms with Crippen LogP contribution in [0.5, 0.6) is 0 Å². The number of carbonyl (C=O) groups excluding carboxylic acids is 2. The second-order valence-electron chi connectivity index (χ2n) is 10.8. The van der Waals surface area contributed by atoms with Gasteiger partial charge in [-0.2, -0.15) is 16.9 Å². The van der Waals surface area contributed by atoms with Gasteiger partial charge in [0.2, 0.25) is 0 Å². The summed E-state index contributed by atoms with van der Waals surface area (Å²) in [5, 5.41) is 7.43. The molecule has 0 saturated carbocycles. The molecule has 1 fully saturated rings. The predicted molar refractivity (Wildman–Crippen MR) is 161 cm³/mol. The van der Waals surface area contributed by atoms with Crippen LogP contribution in [0.3, 0.4) is 0 Å². The Bertz CT molecular complexity index is 1500. The third-order valence-corrected chi connectivity index (χ3v) is 8.09. The SMILES string of the molecule is CC(C)(C)OC(=O)N1CCN(NC(=O)c2nn(-c3ccc(Cl)cc3Cl)c3c2CSC/C3=C\c2ccc(F)cc2)CC1. The molecular formula is C29H30Cl2FN5O3S. The number of ether oxygens (including phenoxy) is 1. The largest absolute Gasteiger partial charge is 0.444 e. The van der Waals surface area contributed by atoms with Gasteiger partial charge in [-0.3, -0.25) is 10.2 Å². The van der Waals surface area contributed by atoms with Gasteiger partial charge in [-0.15, -0.1) is 0 Å². The summed E-state index contributed by atoms with van der Waals surface area (Å²) in [6, 6.07) is 11.4. The van der Waals surface area contributed by atoms with E-state index in [0.717, 1.165) is 22.4 Å². The van der Waals surface area contributed by atoms with Crippen LogP contribution in [0.4, 0.5) is 9.18 Å². The minimum Gasteiger partial charge on any atom is -0.444 e. The standard InChI is InChI=1S/C29H30Cl2FN5O3S/c1-29(2,3)40-28(39)35-10-12-36(13-11-35)34-27(38)25-22-17-41-16-19(14-18-4-7-21(32)8-5-18)26(22)37(33-25)24-9-6-20(30)15-23(24)31/h4-9,14-15H,10-13,16-17H2,1-3H3,(H,34,38)/b19-14+. The zero-order valence-corrected chi connectivity index (χ0v) is 25.2. The minimum absolute atomic E-state index is 0.290. The summed E-state index contributed by atoms with van der Waals surface area (Å²) in [6.07, 6.45) is 1.61. The van der Waals surface area contributed by atoms with Gasteiger partial charge in [0, 0.05) is 48.3 Å². The molecule has 0 bridgehead atoms. The van der Waals surface area contributed by atoms with Crippen molar-refractivity contribution in [1.29, 1.82) is 0 Å². The Kier molecular flexibility index (Phi) is 8.65. The number of hydrogen-bond acceptors (Lipinski definition) is 6. The van der Waals surface area contributed by atoms with E-state index < -0.39 is 5.60 Å². The molecule has 216 valence electrons. The number of hydrogen-bond donors (Lipinski definition) is 1. The number of piperazine rings is 1. The van der Waals surface area contributed by atoms with Gasteiger partial charge in [0.15, 0.2) is 5.69 Å². The number of benzene rings is 2. The van der Waals surface area contributed by atoms with Crippen molar-refractivity contribution in [2.75, 3.05) is 31.9 Å². The fourth-order valence-corrected chi connectivity index (χ4v) is 6.16. The zero-order chi connectivity index (χ0) is 29.3. The monoisotopic (exact) mass is 617 g/mol. The molecule has 0 radical (unpaired) electrons. The van der Waals surface area contributed by atoms with Crippen molar-refractivity contribution >= 4 is 58.6 Å². The molecule has 0 unspecified atom stereocenters. The van der Waals surface area contributed by atoms with Crippen LogP contribution >= 0.6 is 35.0 Å². The van der Waals surface area contributed by atoms with Crippen LogP contribution < -0.4 is 5.43 Å². The third-order valence-electron chi connectivity index (χ3n) is 6.55. The highest BCUT2D eigenvalue weighted by Gasteiger charge is 2.31. The van der Waals surface area contributed by atoms with E-state index in [1.807, 2.05) is 26.8 Å². The first-order chi connectivity index (χ1) is 19.5. The molecule has 2 amide bonds. The van der Waals surface area contributed by atoms with Gasteiger partial charge < -0.3 is 9.64 Å². The Morgan fingerprint density at radius 3 is 2.41 bits per heavy atom. The third kappa shape index (κ3) is 6.89. The molecule has 3 aromatic rings. The second-order valence-corrected chi connectivity index (χ2v) is 12.6. The lowest BCUT2D eigenvalue weighted by Gasteiger charge is -2.35. The van der Waals surface area contributed by atoms with Gasteiger partial charge in [-0.25, -0.2) is 18.9 Å². The average molecular weight is 619 g/mol. The van der Waals surface area contributed by atoms with Crippen molar-refractivity contribution < 1.29 is 18.7 Å². The number of thioether (sulfide) groups is 1. The lowest BCUT2D eigenvalue weighted by molar-refractivity contribution is 0.00970. The summed E-state index contributed by atoms with van der Waals surface area (Å²) in [7, 11) is 0. The van der Waals surface area contributed by atoms with Crippen molar-refractivity contribution in [3.8, 4) is 5.69 Å². The highest BCUT2D eigenvalue weighted by Crippen LogP contribution is 2.38. The number of carbonyl (C=O) groups is 2. The molecule has 41 heavy (non-hydrogen) atoms. The Labute approximate surface area is 252 Å². The maximum absolute atomic E-state index is 13.6. The topological polar surface area (TPSA) is 79.7 Å². The van der Waals surface area contributed by atoms with Crippen LogP contribution in [0, 0.1) is 5.82 Å². The summed E-state index contributed by atoms with van der Waals surface area (Å²) in [5.41, 5.74) is 6.60. The molecule has 2 aliphatic rings. The van der Waals surface area contributed by atoms with Crippen LogP contribution in [-0.4, -0.2) is 69.2 Å². The molecule has 5 rings (SSSR count). The lowest BCUT2D eigenvalue weighted by Crippen LogP contribution is -2.55. The van der Waals surface area contributed by atoms with Crippen molar-refractivity contribution in [3.05, 3.63) is 80.8 Å². The molecule has 0 spiro atoms. The molecular weight excluding hydrogens is 588 g/mol. The van der Waals surface area contributed by atoms with E-state index in [1.165, 1.54) is 12.1 Å². The fourth-order valence-electron chi connectivity index (χ4n) is 4.65. The molecule has 1 saturated heterocycles. The number of rotatable bonds is 4. The average Bonchev–Trinajstić information content (AvgIpc) is 3.30. The molecule has 8 nitrogen and oxygen atoms in total. The first-order valence-corrected chi connectivity index (χ1v) is 15.0. The minimum atomic E-state index is -0.574. The Balaban J connectivity index is 1.43. The first kappa shape index (κ1) is 29.4. The van der Waals surface area contributed by atoms with E-state index in [9.17, 15) is 14.0 Å². The van der Waals surface area contributed by atoms with Crippen molar-refractivity contribution in [2.45, 2.75) is 32.1 Å². The molecule has 3 heterocycles. The van der Waals surface area contributed by atoms with Gasteiger partial charge in [-0.1, -0.05) is 35.3 Å². The number of halogens is 3. The Morgan fingerprint density at radius 1 is 1.05 bits per heavy atom. The number of nitrogens with one attached hydrogen (secondary N) is 1. The maximum atomic E-state index is 13.6. The van der Waals surface area contributed by atoms with Crippen LogP contribution in [0.15, 0.2) is 42.5 Å².